The zero-order valence-corrected chi connectivity index (χ0v) is 14.0. The van der Waals surface area contributed by atoms with E-state index in [4.69, 9.17) is 4.74 Å². The fourth-order valence-corrected chi connectivity index (χ4v) is 2.39. The summed E-state index contributed by atoms with van der Waals surface area (Å²) < 4.78 is 6.38. The molecule has 0 spiro atoms. The Morgan fingerprint density at radius 1 is 1.05 bits per heavy atom. The molecule has 0 bridgehead atoms. The molecule has 2 aromatic rings. The highest BCUT2D eigenvalue weighted by Crippen LogP contribution is 2.12. The van der Waals surface area contributed by atoms with Crippen molar-refractivity contribution in [3.8, 4) is 5.75 Å². The van der Waals surface area contributed by atoms with Gasteiger partial charge in [0.1, 0.15) is 5.75 Å². The summed E-state index contributed by atoms with van der Waals surface area (Å²) in [5.74, 6) is 0.838. The summed E-state index contributed by atoms with van der Waals surface area (Å²) in [6.45, 7) is 3.58. The molecule has 0 aliphatic rings. The number of amides is 2. The molecule has 0 saturated carbocycles. The Morgan fingerprint density at radius 2 is 1.73 bits per heavy atom. The van der Waals surface area contributed by atoms with Crippen LogP contribution < -0.4 is 15.4 Å². The summed E-state index contributed by atoms with van der Waals surface area (Å²) in [6.07, 6.45) is 0. The van der Waals surface area contributed by atoms with E-state index in [2.05, 4.69) is 26.6 Å². The second-order valence-corrected chi connectivity index (χ2v) is 5.66. The maximum atomic E-state index is 11.8. The van der Waals surface area contributed by atoms with Gasteiger partial charge in [0.05, 0.1) is 6.61 Å². The van der Waals surface area contributed by atoms with Gasteiger partial charge >= 0.3 is 6.03 Å². The Balaban J connectivity index is 1.75. The number of benzene rings is 2. The van der Waals surface area contributed by atoms with Crippen LogP contribution in [0.5, 0.6) is 5.75 Å². The van der Waals surface area contributed by atoms with Crippen LogP contribution in [0.1, 0.15) is 18.1 Å². The van der Waals surface area contributed by atoms with Crippen LogP contribution in [0.3, 0.4) is 0 Å². The van der Waals surface area contributed by atoms with Crippen molar-refractivity contribution in [2.45, 2.75) is 20.0 Å². The molecule has 0 fully saturated rings. The van der Waals surface area contributed by atoms with Crippen molar-refractivity contribution >= 4 is 22.0 Å². The molecule has 2 amide bonds. The fraction of sp³-hybridized carbons (Fsp3) is 0.235. The van der Waals surface area contributed by atoms with E-state index in [0.29, 0.717) is 19.7 Å². The van der Waals surface area contributed by atoms with Gasteiger partial charge in [-0.25, -0.2) is 4.79 Å². The molecule has 0 heterocycles. The third-order valence-corrected chi connectivity index (χ3v) is 3.52. The lowest BCUT2D eigenvalue weighted by molar-refractivity contribution is 0.240. The number of nitrogens with one attached hydrogen (secondary N) is 2. The first-order valence-electron chi connectivity index (χ1n) is 7.15. The minimum Gasteiger partial charge on any atom is -0.494 e. The van der Waals surface area contributed by atoms with Crippen molar-refractivity contribution < 1.29 is 9.53 Å². The van der Waals surface area contributed by atoms with Gasteiger partial charge in [0, 0.05) is 17.6 Å². The minimum atomic E-state index is -0.186. The van der Waals surface area contributed by atoms with Crippen molar-refractivity contribution in [1.29, 1.82) is 0 Å². The summed E-state index contributed by atoms with van der Waals surface area (Å²) in [5.41, 5.74) is 2.08. The van der Waals surface area contributed by atoms with E-state index in [0.717, 1.165) is 21.3 Å². The van der Waals surface area contributed by atoms with Gasteiger partial charge in [-0.15, -0.1) is 0 Å². The zero-order chi connectivity index (χ0) is 15.8. The monoisotopic (exact) mass is 362 g/mol. The third-order valence-electron chi connectivity index (χ3n) is 3.03. The number of hydrogen-bond acceptors (Lipinski definition) is 2. The quantitative estimate of drug-likeness (QED) is 0.819. The lowest BCUT2D eigenvalue weighted by Crippen LogP contribution is -2.34. The molecule has 4 nitrogen and oxygen atoms in total. The Morgan fingerprint density at radius 3 is 2.36 bits per heavy atom. The molecule has 5 heteroatoms. The van der Waals surface area contributed by atoms with Crippen LogP contribution in [-0.4, -0.2) is 12.6 Å². The first-order valence-corrected chi connectivity index (χ1v) is 7.94. The van der Waals surface area contributed by atoms with Gasteiger partial charge in [0.15, 0.2) is 0 Å². The first-order chi connectivity index (χ1) is 10.7. The number of carbonyl (C=O) groups excluding carboxylic acids is 1. The molecule has 116 valence electrons. The van der Waals surface area contributed by atoms with Gasteiger partial charge in [0.2, 0.25) is 0 Å². The topological polar surface area (TPSA) is 50.4 Å². The van der Waals surface area contributed by atoms with Crippen LogP contribution in [0.2, 0.25) is 0 Å². The van der Waals surface area contributed by atoms with Crippen LogP contribution in [0, 0.1) is 0 Å². The number of carbonyl (C=O) groups is 1. The number of urea groups is 1. The average molecular weight is 363 g/mol. The van der Waals surface area contributed by atoms with Crippen molar-refractivity contribution in [3.05, 3.63) is 64.1 Å². The molecule has 0 unspecified atom stereocenters. The summed E-state index contributed by atoms with van der Waals surface area (Å²) in [6, 6.07) is 15.4. The Kier molecular flexibility index (Phi) is 6.27. The summed E-state index contributed by atoms with van der Waals surface area (Å²) >= 11 is 3.41. The molecular formula is C17H19BrN2O2. The largest absolute Gasteiger partial charge is 0.494 e. The van der Waals surface area contributed by atoms with Gasteiger partial charge in [-0.3, -0.25) is 0 Å². The van der Waals surface area contributed by atoms with Gasteiger partial charge in [-0.05, 0) is 42.3 Å². The molecule has 0 aliphatic carbocycles. The second kappa shape index (κ2) is 8.44. The van der Waals surface area contributed by atoms with Crippen LogP contribution in [0.25, 0.3) is 0 Å². The van der Waals surface area contributed by atoms with Gasteiger partial charge < -0.3 is 15.4 Å². The molecule has 0 radical (unpaired) electrons. The van der Waals surface area contributed by atoms with Gasteiger partial charge in [-0.2, -0.15) is 0 Å². The average Bonchev–Trinajstić information content (AvgIpc) is 2.53. The zero-order valence-electron chi connectivity index (χ0n) is 12.4. The lowest BCUT2D eigenvalue weighted by Gasteiger charge is -2.09. The van der Waals surface area contributed by atoms with Crippen LogP contribution in [0.4, 0.5) is 4.79 Å². The predicted molar refractivity (Wildman–Crippen MR) is 90.8 cm³/mol. The Labute approximate surface area is 139 Å². The predicted octanol–water partition coefficient (Wildman–Crippen LogP) is 3.85. The molecule has 2 N–H and O–H groups in total. The summed E-state index contributed by atoms with van der Waals surface area (Å²) in [7, 11) is 0. The molecule has 2 rings (SSSR count). The van der Waals surface area contributed by atoms with Crippen LogP contribution in [0.15, 0.2) is 53.0 Å². The smallest absolute Gasteiger partial charge is 0.315 e. The molecule has 0 aromatic heterocycles. The number of halogens is 1. The summed E-state index contributed by atoms with van der Waals surface area (Å²) in [4.78, 5) is 11.8. The molecule has 0 aliphatic heterocycles. The van der Waals surface area contributed by atoms with Crippen LogP contribution >= 0.6 is 15.9 Å². The normalized spacial score (nSPS) is 10.1. The molecule has 22 heavy (non-hydrogen) atoms. The molecule has 2 aromatic carbocycles. The molecule has 0 atom stereocenters. The lowest BCUT2D eigenvalue weighted by atomic mass is 10.2. The van der Waals surface area contributed by atoms with Crippen molar-refractivity contribution in [3.63, 3.8) is 0 Å². The standard InChI is InChI=1S/C17H19BrN2O2/c1-2-22-16-8-6-13(7-9-16)11-19-17(21)20-12-14-4-3-5-15(18)10-14/h3-10H,2,11-12H2,1H3,(H2,19,20,21). The van der Waals surface area contributed by atoms with E-state index in [1.54, 1.807) is 0 Å². The van der Waals surface area contributed by atoms with Crippen molar-refractivity contribution in [2.24, 2.45) is 0 Å². The maximum Gasteiger partial charge on any atom is 0.315 e. The second-order valence-electron chi connectivity index (χ2n) is 4.74. The summed E-state index contributed by atoms with van der Waals surface area (Å²) in [5, 5.41) is 5.67. The number of ether oxygens (including phenoxy) is 1. The Bertz CT molecular complexity index is 614. The highest BCUT2D eigenvalue weighted by Gasteiger charge is 2.01. The van der Waals surface area contributed by atoms with Crippen LogP contribution in [-0.2, 0) is 13.1 Å². The van der Waals surface area contributed by atoms with E-state index in [9.17, 15) is 4.79 Å². The van der Waals surface area contributed by atoms with Crippen molar-refractivity contribution in [1.82, 2.24) is 10.6 Å². The highest BCUT2D eigenvalue weighted by atomic mass is 79.9. The van der Waals surface area contributed by atoms with E-state index >= 15 is 0 Å². The first kappa shape index (κ1) is 16.4. The Hall–Kier alpha value is -2.01. The van der Waals surface area contributed by atoms with E-state index < -0.39 is 0 Å². The van der Waals surface area contributed by atoms with Gasteiger partial charge in [0.25, 0.3) is 0 Å². The van der Waals surface area contributed by atoms with E-state index in [1.165, 1.54) is 0 Å². The minimum absolute atomic E-state index is 0.186. The SMILES string of the molecule is CCOc1ccc(CNC(=O)NCc2cccc(Br)c2)cc1. The third kappa shape index (κ3) is 5.41. The van der Waals surface area contributed by atoms with Crippen molar-refractivity contribution in [2.75, 3.05) is 6.61 Å². The molecule has 0 saturated heterocycles. The highest BCUT2D eigenvalue weighted by molar-refractivity contribution is 9.10. The molecular weight excluding hydrogens is 344 g/mol. The number of rotatable bonds is 6. The van der Waals surface area contributed by atoms with Gasteiger partial charge in [-0.1, -0.05) is 40.2 Å². The maximum absolute atomic E-state index is 11.8. The number of hydrogen-bond donors (Lipinski definition) is 2. The fourth-order valence-electron chi connectivity index (χ4n) is 1.94. The van der Waals surface area contributed by atoms with E-state index in [-0.39, 0.29) is 6.03 Å². The van der Waals surface area contributed by atoms with E-state index in [1.807, 2.05) is 55.5 Å².